The van der Waals surface area contributed by atoms with Crippen molar-refractivity contribution in [3.8, 4) is 0 Å². The summed E-state index contributed by atoms with van der Waals surface area (Å²) in [6, 6.07) is 13.7. The highest BCUT2D eigenvalue weighted by atomic mass is 35.5. The molecule has 2 atom stereocenters. The number of para-hydroxylation sites is 2. The second-order valence-corrected chi connectivity index (χ2v) is 7.84. The van der Waals surface area contributed by atoms with Crippen molar-refractivity contribution in [3.63, 3.8) is 0 Å². The number of hydrogen-bond donors (Lipinski definition) is 4. The summed E-state index contributed by atoms with van der Waals surface area (Å²) in [4.78, 5) is 25.1. The van der Waals surface area contributed by atoms with Crippen LogP contribution in [0, 0.1) is 5.92 Å². The molecule has 148 valence electrons. The molecule has 1 aliphatic rings. The van der Waals surface area contributed by atoms with Gasteiger partial charge in [-0.25, -0.2) is 5.43 Å². The van der Waals surface area contributed by atoms with Gasteiger partial charge in [-0.1, -0.05) is 37.6 Å². The lowest BCUT2D eigenvalue weighted by Gasteiger charge is -2.15. The van der Waals surface area contributed by atoms with E-state index in [4.69, 9.17) is 11.6 Å². The van der Waals surface area contributed by atoms with Gasteiger partial charge in [0.15, 0.2) is 0 Å². The summed E-state index contributed by atoms with van der Waals surface area (Å²) in [5.41, 5.74) is 7.84. The van der Waals surface area contributed by atoms with Gasteiger partial charge in [0.05, 0.1) is 11.4 Å². The maximum Gasteiger partial charge on any atom is 0.255 e. The van der Waals surface area contributed by atoms with Crippen LogP contribution in [0.15, 0.2) is 48.5 Å². The first-order valence-corrected chi connectivity index (χ1v) is 9.78. The zero-order valence-corrected chi connectivity index (χ0v) is 16.7. The fourth-order valence-corrected chi connectivity index (χ4v) is 3.36. The number of nitrogens with one attached hydrogen (secondary N) is 4. The van der Waals surface area contributed by atoms with Crippen molar-refractivity contribution >= 4 is 34.8 Å². The average Bonchev–Trinajstić information content (AvgIpc) is 3.11. The van der Waals surface area contributed by atoms with E-state index in [1.807, 2.05) is 6.07 Å². The molecule has 1 fully saturated rings. The molecule has 2 aromatic rings. The lowest BCUT2D eigenvalue weighted by Crippen LogP contribution is -2.40. The Morgan fingerprint density at radius 3 is 2.32 bits per heavy atom. The van der Waals surface area contributed by atoms with E-state index in [1.54, 1.807) is 42.5 Å². The minimum Gasteiger partial charge on any atom is -0.323 e. The second-order valence-electron chi connectivity index (χ2n) is 7.40. The van der Waals surface area contributed by atoms with Crippen LogP contribution in [0.3, 0.4) is 0 Å². The number of rotatable bonds is 6. The summed E-state index contributed by atoms with van der Waals surface area (Å²) in [7, 11) is 0. The number of hydrogen-bond acceptors (Lipinski definition) is 4. The largest absolute Gasteiger partial charge is 0.323 e. The van der Waals surface area contributed by atoms with Crippen LogP contribution in [0.2, 0.25) is 5.02 Å². The fraction of sp³-hybridized carbons (Fsp3) is 0.333. The molecule has 28 heavy (non-hydrogen) atoms. The zero-order chi connectivity index (χ0) is 20.1. The van der Waals surface area contributed by atoms with E-state index in [9.17, 15) is 9.59 Å². The van der Waals surface area contributed by atoms with E-state index < -0.39 is 0 Å². The van der Waals surface area contributed by atoms with Crippen molar-refractivity contribution in [1.29, 1.82) is 0 Å². The van der Waals surface area contributed by atoms with Gasteiger partial charge in [-0.2, -0.15) is 0 Å². The summed E-state index contributed by atoms with van der Waals surface area (Å²) in [5.74, 6) is 0.160. The van der Waals surface area contributed by atoms with Gasteiger partial charge < -0.3 is 10.6 Å². The SMILES string of the molecule is CC(C)CC1CC(C(=O)Nc2ccccc2NC(=O)c2ccc(Cl)cc2)NN1. The number of anilines is 2. The number of halogens is 1. The monoisotopic (exact) mass is 400 g/mol. The number of amides is 2. The molecule has 1 heterocycles. The number of hydrazine groups is 1. The van der Waals surface area contributed by atoms with Gasteiger partial charge in [0.25, 0.3) is 5.91 Å². The first kappa shape index (κ1) is 20.3. The van der Waals surface area contributed by atoms with Crippen molar-refractivity contribution in [2.75, 3.05) is 10.6 Å². The Hall–Kier alpha value is -2.41. The molecule has 0 bridgehead atoms. The van der Waals surface area contributed by atoms with Crippen molar-refractivity contribution in [3.05, 3.63) is 59.1 Å². The van der Waals surface area contributed by atoms with Gasteiger partial charge in [-0.05, 0) is 55.2 Å². The van der Waals surface area contributed by atoms with Crippen LogP contribution < -0.4 is 21.5 Å². The third-order valence-electron chi connectivity index (χ3n) is 4.59. The van der Waals surface area contributed by atoms with Gasteiger partial charge >= 0.3 is 0 Å². The topological polar surface area (TPSA) is 82.3 Å². The first-order chi connectivity index (χ1) is 13.4. The zero-order valence-electron chi connectivity index (χ0n) is 16.0. The van der Waals surface area contributed by atoms with Gasteiger partial charge in [0.2, 0.25) is 5.91 Å². The molecule has 0 aliphatic carbocycles. The molecule has 1 aliphatic heterocycles. The Bertz CT molecular complexity index is 839. The predicted molar refractivity (Wildman–Crippen MR) is 112 cm³/mol. The Labute approximate surface area is 170 Å². The van der Waals surface area contributed by atoms with E-state index in [-0.39, 0.29) is 23.9 Å². The first-order valence-electron chi connectivity index (χ1n) is 9.40. The summed E-state index contributed by atoms with van der Waals surface area (Å²) in [6.45, 7) is 4.32. The predicted octanol–water partition coefficient (Wildman–Crippen LogP) is 3.81. The molecule has 6 nitrogen and oxygen atoms in total. The third-order valence-corrected chi connectivity index (χ3v) is 4.85. The van der Waals surface area contributed by atoms with E-state index in [0.29, 0.717) is 27.9 Å². The fourth-order valence-electron chi connectivity index (χ4n) is 3.23. The highest BCUT2D eigenvalue weighted by Crippen LogP contribution is 2.23. The highest BCUT2D eigenvalue weighted by Gasteiger charge is 2.29. The molecule has 3 rings (SSSR count). The minimum atomic E-state index is -0.316. The summed E-state index contributed by atoms with van der Waals surface area (Å²) in [5, 5.41) is 6.33. The maximum absolute atomic E-state index is 12.7. The molecule has 0 aromatic heterocycles. The van der Waals surface area contributed by atoms with Gasteiger partial charge in [-0.3, -0.25) is 15.0 Å². The van der Waals surface area contributed by atoms with Crippen LogP contribution in [0.4, 0.5) is 11.4 Å². The summed E-state index contributed by atoms with van der Waals surface area (Å²) in [6.07, 6.45) is 1.73. The van der Waals surface area contributed by atoms with Gasteiger partial charge in [0.1, 0.15) is 6.04 Å². The Kier molecular flexibility index (Phi) is 6.67. The molecule has 0 saturated carbocycles. The van der Waals surface area contributed by atoms with E-state index >= 15 is 0 Å². The van der Waals surface area contributed by atoms with E-state index in [2.05, 4.69) is 35.3 Å². The van der Waals surface area contributed by atoms with E-state index in [0.717, 1.165) is 12.8 Å². The highest BCUT2D eigenvalue weighted by molar-refractivity contribution is 6.30. The number of benzene rings is 2. The molecule has 4 N–H and O–H groups in total. The molecular weight excluding hydrogens is 376 g/mol. The van der Waals surface area contributed by atoms with Crippen molar-refractivity contribution in [2.45, 2.75) is 38.8 Å². The summed E-state index contributed by atoms with van der Waals surface area (Å²) < 4.78 is 0. The van der Waals surface area contributed by atoms with Crippen LogP contribution in [0.5, 0.6) is 0 Å². The molecule has 2 aromatic carbocycles. The van der Waals surface area contributed by atoms with Crippen LogP contribution >= 0.6 is 11.6 Å². The third kappa shape index (κ3) is 5.32. The molecule has 1 saturated heterocycles. The molecule has 7 heteroatoms. The Morgan fingerprint density at radius 1 is 1.04 bits per heavy atom. The number of carbonyl (C=O) groups excluding carboxylic acids is 2. The van der Waals surface area contributed by atoms with Gasteiger partial charge in [-0.15, -0.1) is 0 Å². The minimum absolute atomic E-state index is 0.132. The lowest BCUT2D eigenvalue weighted by molar-refractivity contribution is -0.117. The van der Waals surface area contributed by atoms with Crippen molar-refractivity contribution in [2.24, 2.45) is 5.92 Å². The van der Waals surface area contributed by atoms with Crippen LogP contribution in [-0.4, -0.2) is 23.9 Å². The number of carbonyl (C=O) groups is 2. The lowest BCUT2D eigenvalue weighted by atomic mass is 10.00. The average molecular weight is 401 g/mol. The molecular formula is C21H25ClN4O2. The molecule has 2 unspecified atom stereocenters. The normalized spacial score (nSPS) is 18.9. The van der Waals surface area contributed by atoms with Crippen LogP contribution in [0.1, 0.15) is 37.0 Å². The van der Waals surface area contributed by atoms with E-state index in [1.165, 1.54) is 0 Å². The van der Waals surface area contributed by atoms with Crippen molar-refractivity contribution in [1.82, 2.24) is 10.9 Å². The summed E-state index contributed by atoms with van der Waals surface area (Å²) >= 11 is 5.87. The quantitative estimate of drug-likeness (QED) is 0.594. The van der Waals surface area contributed by atoms with Crippen LogP contribution in [-0.2, 0) is 4.79 Å². The Balaban J connectivity index is 1.64. The molecule has 2 amide bonds. The molecule has 0 radical (unpaired) electrons. The van der Waals surface area contributed by atoms with Crippen LogP contribution in [0.25, 0.3) is 0 Å². The van der Waals surface area contributed by atoms with Gasteiger partial charge in [0, 0.05) is 16.6 Å². The van der Waals surface area contributed by atoms with Crippen molar-refractivity contribution < 1.29 is 9.59 Å². The Morgan fingerprint density at radius 2 is 1.68 bits per heavy atom. The molecule has 0 spiro atoms. The second kappa shape index (κ2) is 9.19. The standard InChI is InChI=1S/C21H25ClN4O2/c1-13(2)11-16-12-19(26-25-16)21(28)24-18-6-4-3-5-17(18)23-20(27)14-7-9-15(22)10-8-14/h3-10,13,16,19,25-26H,11-12H2,1-2H3,(H,23,27)(H,24,28). The maximum atomic E-state index is 12.7. The smallest absolute Gasteiger partial charge is 0.255 e.